The summed E-state index contributed by atoms with van der Waals surface area (Å²) in [5.74, 6) is 0. The molecule has 1 aliphatic rings. The minimum atomic E-state index is 0.676. The number of nitrogens with zero attached hydrogens (tertiary/aromatic N) is 2. The first-order valence-corrected chi connectivity index (χ1v) is 7.91. The molecule has 0 amide bonds. The van der Waals surface area contributed by atoms with Crippen molar-refractivity contribution in [2.75, 3.05) is 13.1 Å². The lowest BCUT2D eigenvalue weighted by Gasteiger charge is -2.24. The first kappa shape index (κ1) is 14.0. The van der Waals surface area contributed by atoms with Gasteiger partial charge < -0.3 is 10.2 Å². The molecule has 0 spiro atoms. The maximum atomic E-state index is 4.30. The van der Waals surface area contributed by atoms with Crippen molar-refractivity contribution < 1.29 is 0 Å². The van der Waals surface area contributed by atoms with Crippen LogP contribution in [0.3, 0.4) is 0 Å². The van der Waals surface area contributed by atoms with Crippen LogP contribution in [0.4, 0.5) is 0 Å². The first-order valence-electron chi connectivity index (χ1n) is 7.03. The molecule has 18 heavy (non-hydrogen) atoms. The number of rotatable bonds is 4. The molecule has 4 heteroatoms. The highest BCUT2D eigenvalue weighted by Crippen LogP contribution is 2.16. The highest BCUT2D eigenvalue weighted by atomic mass is 32.1. The predicted octanol–water partition coefficient (Wildman–Crippen LogP) is 2.80. The molecule has 0 aromatic carbocycles. The van der Waals surface area contributed by atoms with Gasteiger partial charge in [0.15, 0.2) is 0 Å². The normalized spacial score (nSPS) is 22.3. The number of aromatic nitrogens is 1. The second-order valence-electron chi connectivity index (χ2n) is 5.50. The molecule has 0 saturated carbocycles. The van der Waals surface area contributed by atoms with Crippen LogP contribution in [0.5, 0.6) is 0 Å². The van der Waals surface area contributed by atoms with Crippen LogP contribution in [-0.4, -0.2) is 35.1 Å². The fraction of sp³-hybridized carbons (Fsp3) is 0.786. The molecule has 1 fully saturated rings. The summed E-state index contributed by atoms with van der Waals surface area (Å²) < 4.78 is 0. The van der Waals surface area contributed by atoms with Gasteiger partial charge in [0.25, 0.3) is 0 Å². The minimum Gasteiger partial charge on any atom is -0.309 e. The van der Waals surface area contributed by atoms with Crippen LogP contribution in [0.15, 0.2) is 5.51 Å². The molecule has 0 bridgehead atoms. The zero-order valence-electron chi connectivity index (χ0n) is 11.8. The summed E-state index contributed by atoms with van der Waals surface area (Å²) in [6.07, 6.45) is 3.90. The van der Waals surface area contributed by atoms with Gasteiger partial charge in [0.05, 0.1) is 11.2 Å². The van der Waals surface area contributed by atoms with Gasteiger partial charge in [-0.05, 0) is 53.1 Å². The van der Waals surface area contributed by atoms with Crippen molar-refractivity contribution in [2.24, 2.45) is 0 Å². The van der Waals surface area contributed by atoms with Crippen molar-refractivity contribution in [3.8, 4) is 0 Å². The molecule has 2 rings (SSSR count). The van der Waals surface area contributed by atoms with Crippen molar-refractivity contribution in [1.29, 1.82) is 0 Å². The Morgan fingerprint density at radius 3 is 2.94 bits per heavy atom. The largest absolute Gasteiger partial charge is 0.309 e. The third kappa shape index (κ3) is 3.77. The van der Waals surface area contributed by atoms with Crippen LogP contribution < -0.4 is 5.32 Å². The molecule has 0 aliphatic carbocycles. The quantitative estimate of drug-likeness (QED) is 0.909. The standard InChI is InChI=1S/C14H25N3S/c1-11(2)17-7-4-5-13(6-8-17)15-9-14-12(3)16-10-18-14/h10-11,13,15H,4-9H2,1-3H3. The lowest BCUT2D eigenvalue weighted by Crippen LogP contribution is -2.33. The van der Waals surface area contributed by atoms with Crippen molar-refractivity contribution in [1.82, 2.24) is 15.2 Å². The molecule has 1 atom stereocenters. The summed E-state index contributed by atoms with van der Waals surface area (Å²) >= 11 is 1.76. The van der Waals surface area contributed by atoms with E-state index in [1.807, 2.05) is 5.51 Å². The molecule has 2 heterocycles. The predicted molar refractivity (Wildman–Crippen MR) is 78.0 cm³/mol. The second-order valence-corrected chi connectivity index (χ2v) is 6.44. The Morgan fingerprint density at radius 2 is 2.28 bits per heavy atom. The number of hydrogen-bond acceptors (Lipinski definition) is 4. The van der Waals surface area contributed by atoms with E-state index < -0.39 is 0 Å². The minimum absolute atomic E-state index is 0.676. The molecule has 1 aliphatic heterocycles. The topological polar surface area (TPSA) is 28.2 Å². The number of hydrogen-bond donors (Lipinski definition) is 1. The van der Waals surface area contributed by atoms with E-state index in [0.29, 0.717) is 12.1 Å². The van der Waals surface area contributed by atoms with Gasteiger partial charge in [-0.25, -0.2) is 4.98 Å². The van der Waals surface area contributed by atoms with E-state index in [1.54, 1.807) is 11.3 Å². The summed E-state index contributed by atoms with van der Waals surface area (Å²) in [7, 11) is 0. The maximum absolute atomic E-state index is 4.30. The highest BCUT2D eigenvalue weighted by Gasteiger charge is 2.18. The zero-order valence-corrected chi connectivity index (χ0v) is 12.6. The SMILES string of the molecule is Cc1ncsc1CNC1CCCN(C(C)C)CC1. The molecule has 102 valence electrons. The third-order valence-corrected chi connectivity index (χ3v) is 4.82. The third-order valence-electron chi connectivity index (χ3n) is 3.89. The number of likely N-dealkylation sites (tertiary alicyclic amines) is 1. The molecule has 1 unspecified atom stereocenters. The smallest absolute Gasteiger partial charge is 0.0798 e. The van der Waals surface area contributed by atoms with Crippen LogP contribution in [0.1, 0.15) is 43.7 Å². The summed E-state index contributed by atoms with van der Waals surface area (Å²) in [6.45, 7) is 10.2. The van der Waals surface area contributed by atoms with Crippen molar-refractivity contribution in [3.63, 3.8) is 0 Å². The molecule has 1 saturated heterocycles. The van der Waals surface area contributed by atoms with E-state index in [9.17, 15) is 0 Å². The Bertz CT molecular complexity index is 362. The first-order chi connectivity index (χ1) is 8.66. The fourth-order valence-corrected chi connectivity index (χ4v) is 3.30. The summed E-state index contributed by atoms with van der Waals surface area (Å²) in [5.41, 5.74) is 3.13. The van der Waals surface area contributed by atoms with Gasteiger partial charge in [-0.3, -0.25) is 0 Å². The highest BCUT2D eigenvalue weighted by molar-refractivity contribution is 7.09. The van der Waals surface area contributed by atoms with Crippen LogP contribution in [0.2, 0.25) is 0 Å². The van der Waals surface area contributed by atoms with E-state index in [4.69, 9.17) is 0 Å². The monoisotopic (exact) mass is 267 g/mol. The Morgan fingerprint density at radius 1 is 1.44 bits per heavy atom. The van der Waals surface area contributed by atoms with E-state index in [2.05, 4.69) is 36.0 Å². The number of aryl methyl sites for hydroxylation is 1. The summed E-state index contributed by atoms with van der Waals surface area (Å²) in [4.78, 5) is 8.29. The molecular formula is C14H25N3S. The van der Waals surface area contributed by atoms with E-state index >= 15 is 0 Å². The van der Waals surface area contributed by atoms with Crippen LogP contribution in [-0.2, 0) is 6.54 Å². The summed E-state index contributed by atoms with van der Waals surface area (Å²) in [5, 5.41) is 3.71. The lowest BCUT2D eigenvalue weighted by molar-refractivity contribution is 0.229. The van der Waals surface area contributed by atoms with Crippen LogP contribution in [0, 0.1) is 6.92 Å². The lowest BCUT2D eigenvalue weighted by atomic mass is 10.1. The Balaban J connectivity index is 1.79. The maximum Gasteiger partial charge on any atom is 0.0798 e. The van der Waals surface area contributed by atoms with Gasteiger partial charge >= 0.3 is 0 Å². The van der Waals surface area contributed by atoms with Crippen molar-refractivity contribution in [2.45, 2.75) is 58.7 Å². The molecule has 0 radical (unpaired) electrons. The average Bonchev–Trinajstić information content (AvgIpc) is 2.62. The Kier molecular flexibility index (Phi) is 5.15. The zero-order chi connectivity index (χ0) is 13.0. The second kappa shape index (κ2) is 6.64. The van der Waals surface area contributed by atoms with Gasteiger partial charge in [0.1, 0.15) is 0 Å². The summed E-state index contributed by atoms with van der Waals surface area (Å²) in [6, 6.07) is 1.36. The molecule has 3 nitrogen and oxygen atoms in total. The van der Waals surface area contributed by atoms with E-state index in [1.165, 1.54) is 42.9 Å². The van der Waals surface area contributed by atoms with Crippen LogP contribution >= 0.6 is 11.3 Å². The molecule has 1 aromatic rings. The molecular weight excluding hydrogens is 242 g/mol. The van der Waals surface area contributed by atoms with Gasteiger partial charge in [0.2, 0.25) is 0 Å². The number of thiazole rings is 1. The molecule has 1 aromatic heterocycles. The van der Waals surface area contributed by atoms with E-state index in [0.717, 1.165) is 6.54 Å². The van der Waals surface area contributed by atoms with Gasteiger partial charge in [0, 0.05) is 23.5 Å². The van der Waals surface area contributed by atoms with Gasteiger partial charge in [-0.1, -0.05) is 0 Å². The van der Waals surface area contributed by atoms with Crippen LogP contribution in [0.25, 0.3) is 0 Å². The van der Waals surface area contributed by atoms with Gasteiger partial charge in [-0.15, -0.1) is 11.3 Å². The fourth-order valence-electron chi connectivity index (χ4n) is 2.57. The average molecular weight is 267 g/mol. The van der Waals surface area contributed by atoms with Gasteiger partial charge in [-0.2, -0.15) is 0 Å². The Hall–Kier alpha value is -0.450. The van der Waals surface area contributed by atoms with Crippen molar-refractivity contribution in [3.05, 3.63) is 16.1 Å². The van der Waals surface area contributed by atoms with Crippen molar-refractivity contribution >= 4 is 11.3 Å². The van der Waals surface area contributed by atoms with E-state index in [-0.39, 0.29) is 0 Å². The number of nitrogens with one attached hydrogen (secondary N) is 1. The molecule has 1 N–H and O–H groups in total. The Labute approximate surface area is 115 Å².